The summed E-state index contributed by atoms with van der Waals surface area (Å²) in [5, 5.41) is 37.8. The van der Waals surface area contributed by atoms with Crippen LogP contribution in [0.25, 0.3) is 33.4 Å². The molecule has 0 radical (unpaired) electrons. The Hall–Kier alpha value is -10.3. The molecule has 0 unspecified atom stereocenters. The van der Waals surface area contributed by atoms with Gasteiger partial charge in [0.2, 0.25) is 0 Å². The number of halogens is 1. The number of nitrogens with zero attached hydrogens (tertiary/aromatic N) is 4. The summed E-state index contributed by atoms with van der Waals surface area (Å²) in [5.41, 5.74) is 16.4. The van der Waals surface area contributed by atoms with Gasteiger partial charge in [0.25, 0.3) is 17.7 Å². The van der Waals surface area contributed by atoms with Gasteiger partial charge in [0.1, 0.15) is 17.2 Å². The molecule has 3 fully saturated rings. The lowest BCUT2D eigenvalue weighted by atomic mass is 9.95. The van der Waals surface area contributed by atoms with E-state index >= 15 is 0 Å². The van der Waals surface area contributed by atoms with E-state index in [-0.39, 0.29) is 53.2 Å². The molecular formula is C92H104ClN7O17S3. The van der Waals surface area contributed by atoms with Gasteiger partial charge in [-0.05, 0) is 243 Å². The average Bonchev–Trinajstić information content (AvgIpc) is 0.753. The standard InChI is InChI=1S/C32H36N2O6S.C31H35N3O6S.C29H33ClN2O5S/c1-3-25-9-11-27(12-10-25)28-8-4-6-26(24-28)7-5-22-40-29-13-15-30(16-14-29)41(37,38)32(31(35)33-36)17-19-34(20-18-32)21-23-39-2;1-39-21-19-34-17-15-31(16-18-34,30(35)33-36)41(37,38)29-13-11-28(12-14-29)40-20-3-5-24-4-2-6-27(22-24)26-9-7-25(23-32)8-10-26;1-2-32-18-16-29(17-19-32,28(33)31-34)38(35,36)27-14-12-26(13-15-27)37-20-4-6-22-5-3-7-24(21-22)23-8-10-25(30)11-9-23/h1,4,6,8-16,24,36H,5,7,17-23H2,2H3,(H,33,35);2,4,6-14,22,36H,3,5,15-21H2,1H3,(H,33,35);3,5,7-15,21,34H,2,4,6,16-20H2,1H3,(H,31,33). The predicted octanol–water partition coefficient (Wildman–Crippen LogP) is 13.3. The summed E-state index contributed by atoms with van der Waals surface area (Å²) in [6.07, 6.45) is 10.7. The van der Waals surface area contributed by atoms with Crippen molar-refractivity contribution < 1.29 is 78.9 Å². The van der Waals surface area contributed by atoms with E-state index in [2.05, 4.69) is 65.4 Å². The van der Waals surface area contributed by atoms with E-state index in [0.717, 1.165) is 89.6 Å². The molecule has 634 valence electrons. The first-order valence-electron chi connectivity index (χ1n) is 40.0. The zero-order valence-corrected chi connectivity index (χ0v) is 70.9. The summed E-state index contributed by atoms with van der Waals surface area (Å²) in [4.78, 5) is 44.2. The highest BCUT2D eigenvalue weighted by molar-refractivity contribution is 7.94. The van der Waals surface area contributed by atoms with Gasteiger partial charge in [-0.15, -0.1) is 6.42 Å². The molecule has 28 heteroatoms. The molecule has 9 aromatic rings. The largest absolute Gasteiger partial charge is 0.494 e. The molecule has 3 aliphatic heterocycles. The fraction of sp³-hybridized carbons (Fsp3) is 0.348. The van der Waals surface area contributed by atoms with Gasteiger partial charge < -0.3 is 38.4 Å². The van der Waals surface area contributed by atoms with Crippen LogP contribution in [0.2, 0.25) is 5.02 Å². The third-order valence-electron chi connectivity index (χ3n) is 22.5. The Morgan fingerprint density at radius 1 is 0.417 bits per heavy atom. The molecule has 3 amide bonds. The molecule has 120 heavy (non-hydrogen) atoms. The Bertz CT molecular complexity index is 5080. The number of hydroxylamine groups is 3. The SMILES string of the molecule is C#Cc1ccc(-c2cccc(CCCOc3ccc(S(=O)(=O)C4(C(=O)NO)CCN(CCOC)CC4)cc3)c2)cc1.CCN1CCC(C(=O)NO)(S(=O)(=O)c2ccc(OCCCc3cccc(-c4ccc(Cl)cc4)c3)cc2)CC1.COCCN1CCC(C(=O)NO)(S(=O)(=O)c2ccc(OCCCc3cccc(-c4ccc(C#N)cc4)c3)cc2)CC1. The van der Waals surface area contributed by atoms with E-state index < -0.39 is 61.5 Å². The first kappa shape index (κ1) is 92.0. The van der Waals surface area contributed by atoms with Gasteiger partial charge in [0.05, 0.1) is 59.4 Å². The number of nitrogens with one attached hydrogen (secondary N) is 3. The molecular weight excluding hydrogens is 1610 g/mol. The van der Waals surface area contributed by atoms with Crippen LogP contribution in [0.5, 0.6) is 17.2 Å². The molecule has 9 aromatic carbocycles. The zero-order valence-electron chi connectivity index (χ0n) is 67.7. The minimum absolute atomic E-state index is 0.0124. The number of sulfone groups is 3. The lowest BCUT2D eigenvalue weighted by molar-refractivity contribution is -0.134. The van der Waals surface area contributed by atoms with Gasteiger partial charge in [-0.25, -0.2) is 41.7 Å². The Labute approximate surface area is 709 Å². The minimum atomic E-state index is -4.09. The number of ether oxygens (including phenoxy) is 5. The Morgan fingerprint density at radius 3 is 0.983 bits per heavy atom. The second-order valence-electron chi connectivity index (χ2n) is 29.7. The fourth-order valence-electron chi connectivity index (χ4n) is 15.2. The van der Waals surface area contributed by atoms with Crippen molar-refractivity contribution in [2.24, 2.45) is 0 Å². The van der Waals surface area contributed by atoms with E-state index in [1.807, 2.05) is 102 Å². The highest BCUT2D eigenvalue weighted by Crippen LogP contribution is 2.41. The van der Waals surface area contributed by atoms with Crippen molar-refractivity contribution in [3.05, 3.63) is 251 Å². The number of hydrogen-bond donors (Lipinski definition) is 6. The summed E-state index contributed by atoms with van der Waals surface area (Å²) in [6, 6.07) is 68.6. The molecule has 0 saturated carbocycles. The normalized spacial score (nSPS) is 15.3. The first-order chi connectivity index (χ1) is 57.9. The third kappa shape index (κ3) is 22.8. The van der Waals surface area contributed by atoms with Crippen LogP contribution in [-0.2, 0) is 72.6 Å². The molecule has 3 heterocycles. The third-order valence-corrected chi connectivity index (χ3v) is 30.3. The number of likely N-dealkylation sites (tertiary alicyclic amines) is 3. The lowest BCUT2D eigenvalue weighted by Gasteiger charge is -2.39. The average molecular weight is 1710 g/mol. The quantitative estimate of drug-likeness (QED) is 0.00944. The number of amides is 3. The molecule has 0 bridgehead atoms. The van der Waals surface area contributed by atoms with Gasteiger partial charge in [0, 0.05) is 77.2 Å². The molecule has 12 rings (SSSR count). The molecule has 0 spiro atoms. The van der Waals surface area contributed by atoms with E-state index in [1.165, 1.54) is 47.5 Å². The second-order valence-corrected chi connectivity index (χ2v) is 36.9. The zero-order chi connectivity index (χ0) is 85.8. The number of methoxy groups -OCH3 is 2. The molecule has 6 N–H and O–H groups in total. The number of rotatable bonds is 34. The lowest BCUT2D eigenvalue weighted by Crippen LogP contribution is -2.57. The van der Waals surface area contributed by atoms with Crippen molar-refractivity contribution in [1.29, 1.82) is 5.26 Å². The second kappa shape index (κ2) is 43.8. The summed E-state index contributed by atoms with van der Waals surface area (Å²) >= 11 is 6.00. The number of terminal acetylenes is 1. The molecule has 0 atom stereocenters. The van der Waals surface area contributed by atoms with Crippen molar-refractivity contribution in [2.75, 3.05) is 106 Å². The molecule has 3 aliphatic rings. The number of hydrogen-bond acceptors (Lipinski definition) is 21. The Balaban J connectivity index is 0.000000189. The topological polar surface area (TPSA) is 330 Å². The van der Waals surface area contributed by atoms with Crippen LogP contribution in [0, 0.1) is 23.7 Å². The van der Waals surface area contributed by atoms with Gasteiger partial charge >= 0.3 is 0 Å². The van der Waals surface area contributed by atoms with Crippen LogP contribution >= 0.6 is 11.6 Å². The maximum absolute atomic E-state index is 13.7. The van der Waals surface area contributed by atoms with E-state index in [0.29, 0.717) is 113 Å². The van der Waals surface area contributed by atoms with Gasteiger partial charge in [-0.1, -0.05) is 134 Å². The summed E-state index contributed by atoms with van der Waals surface area (Å²) < 4.78 is 104. The van der Waals surface area contributed by atoms with E-state index in [9.17, 15) is 55.3 Å². The van der Waals surface area contributed by atoms with Crippen LogP contribution in [-0.4, -0.2) is 194 Å². The van der Waals surface area contributed by atoms with Gasteiger partial charge in [-0.3, -0.25) is 30.0 Å². The number of benzene rings is 9. The molecule has 24 nitrogen and oxygen atoms in total. The highest BCUT2D eigenvalue weighted by atomic mass is 35.5. The number of nitriles is 1. The fourth-order valence-corrected chi connectivity index (χ4v) is 21.2. The van der Waals surface area contributed by atoms with Crippen LogP contribution < -0.4 is 30.7 Å². The molecule has 3 saturated heterocycles. The Kier molecular flexibility index (Phi) is 33.5. The summed E-state index contributed by atoms with van der Waals surface area (Å²) in [5.74, 6) is 1.57. The number of aryl methyl sites for hydroxylation is 3. The molecule has 0 aliphatic carbocycles. The maximum Gasteiger partial charge on any atom is 0.265 e. The van der Waals surface area contributed by atoms with E-state index in [4.69, 9.17) is 47.0 Å². The van der Waals surface area contributed by atoms with Crippen molar-refractivity contribution in [3.8, 4) is 69.0 Å². The van der Waals surface area contributed by atoms with Crippen molar-refractivity contribution in [3.63, 3.8) is 0 Å². The first-order valence-corrected chi connectivity index (χ1v) is 44.8. The smallest absolute Gasteiger partial charge is 0.265 e. The van der Waals surface area contributed by atoms with Crippen LogP contribution in [0.3, 0.4) is 0 Å². The van der Waals surface area contributed by atoms with Crippen molar-refractivity contribution in [2.45, 2.75) is 113 Å². The minimum Gasteiger partial charge on any atom is -0.494 e. The van der Waals surface area contributed by atoms with Crippen molar-refractivity contribution >= 4 is 58.8 Å². The predicted molar refractivity (Wildman–Crippen MR) is 460 cm³/mol. The van der Waals surface area contributed by atoms with Crippen LogP contribution in [0.4, 0.5) is 0 Å². The van der Waals surface area contributed by atoms with Crippen molar-refractivity contribution in [1.82, 2.24) is 31.1 Å². The maximum atomic E-state index is 13.7. The number of carbonyl (C=O) groups excluding carboxylic acids is 3. The summed E-state index contributed by atoms with van der Waals surface area (Å²) in [7, 11) is -9.00. The van der Waals surface area contributed by atoms with E-state index in [1.54, 1.807) is 79.2 Å². The molecule has 0 aromatic heterocycles. The monoisotopic (exact) mass is 1710 g/mol. The summed E-state index contributed by atoms with van der Waals surface area (Å²) in [6.45, 7) is 8.98. The van der Waals surface area contributed by atoms with Crippen LogP contribution in [0.15, 0.2) is 233 Å². The highest BCUT2D eigenvalue weighted by Gasteiger charge is 2.55. The number of carbonyl (C=O) groups is 3. The van der Waals surface area contributed by atoms with Crippen LogP contribution in [0.1, 0.15) is 92.5 Å². The van der Waals surface area contributed by atoms with Gasteiger partial charge in [0.15, 0.2) is 43.8 Å². The van der Waals surface area contributed by atoms with Gasteiger partial charge in [-0.2, -0.15) is 5.26 Å². The Morgan fingerprint density at radius 2 is 0.708 bits per heavy atom. The number of piperidine rings is 3.